The molecule has 2 aromatic rings. The molecule has 6 heteroatoms. The van der Waals surface area contributed by atoms with Crippen LogP contribution in [0.4, 0.5) is 0 Å². The number of fused-ring (bicyclic) bond motifs is 1. The third-order valence-electron chi connectivity index (χ3n) is 7.59. The second-order valence-corrected chi connectivity index (χ2v) is 9.73. The van der Waals surface area contributed by atoms with Crippen molar-refractivity contribution in [3.05, 3.63) is 65.7 Å². The van der Waals surface area contributed by atoms with Gasteiger partial charge in [0.25, 0.3) is 5.91 Å². The van der Waals surface area contributed by atoms with E-state index < -0.39 is 0 Å². The average molecular weight is 462 g/mol. The molecule has 2 amide bonds. The number of amides is 2. The van der Waals surface area contributed by atoms with Crippen LogP contribution < -0.4 is 10.1 Å². The van der Waals surface area contributed by atoms with Crippen molar-refractivity contribution >= 4 is 11.8 Å². The van der Waals surface area contributed by atoms with Crippen LogP contribution in [0.2, 0.25) is 0 Å². The van der Waals surface area contributed by atoms with Gasteiger partial charge in [0.2, 0.25) is 5.91 Å². The molecule has 6 nitrogen and oxygen atoms in total. The van der Waals surface area contributed by atoms with Crippen molar-refractivity contribution in [3.8, 4) is 5.75 Å². The van der Waals surface area contributed by atoms with E-state index in [0.717, 1.165) is 38.2 Å². The summed E-state index contributed by atoms with van der Waals surface area (Å²) < 4.78 is 5.84. The summed E-state index contributed by atoms with van der Waals surface area (Å²) in [5.74, 6) is 1.36. The Morgan fingerprint density at radius 2 is 1.82 bits per heavy atom. The maximum atomic E-state index is 13.6. The van der Waals surface area contributed by atoms with E-state index in [0.29, 0.717) is 37.1 Å². The van der Waals surface area contributed by atoms with Gasteiger partial charge in [-0.3, -0.25) is 9.59 Å². The Labute approximate surface area is 202 Å². The molecule has 1 N–H and O–H groups in total. The topological polar surface area (TPSA) is 61.9 Å². The quantitative estimate of drug-likeness (QED) is 0.710. The minimum Gasteiger partial charge on any atom is -0.492 e. The zero-order valence-corrected chi connectivity index (χ0v) is 19.8. The highest BCUT2D eigenvalue weighted by atomic mass is 16.5. The zero-order chi connectivity index (χ0) is 23.3. The first-order chi connectivity index (χ1) is 16.7. The number of hydrogen-bond donors (Lipinski definition) is 1. The van der Waals surface area contributed by atoms with Gasteiger partial charge < -0.3 is 19.9 Å². The van der Waals surface area contributed by atoms with Gasteiger partial charge in [0.15, 0.2) is 0 Å². The Bertz CT molecular complexity index is 978. The third kappa shape index (κ3) is 4.97. The van der Waals surface area contributed by atoms with Crippen LogP contribution in [-0.2, 0) is 4.79 Å². The number of likely N-dealkylation sites (tertiary alicyclic amines) is 2. The van der Waals surface area contributed by atoms with E-state index in [1.165, 1.54) is 24.8 Å². The summed E-state index contributed by atoms with van der Waals surface area (Å²) in [6, 6.07) is 18.6. The molecule has 34 heavy (non-hydrogen) atoms. The smallest absolute Gasteiger partial charge is 0.254 e. The molecule has 0 aromatic heterocycles. The summed E-state index contributed by atoms with van der Waals surface area (Å²) >= 11 is 0. The molecule has 0 bridgehead atoms. The van der Waals surface area contributed by atoms with Gasteiger partial charge in [-0.1, -0.05) is 43.2 Å². The molecule has 3 saturated heterocycles. The van der Waals surface area contributed by atoms with Crippen molar-refractivity contribution in [1.82, 2.24) is 15.1 Å². The van der Waals surface area contributed by atoms with Crippen LogP contribution in [-0.4, -0.2) is 66.5 Å². The Morgan fingerprint density at radius 3 is 2.59 bits per heavy atom. The van der Waals surface area contributed by atoms with E-state index in [2.05, 4.69) is 40.5 Å². The van der Waals surface area contributed by atoms with E-state index >= 15 is 0 Å². The Morgan fingerprint density at radius 1 is 1.00 bits per heavy atom. The molecular weight excluding hydrogens is 426 g/mol. The molecule has 3 aliphatic rings. The molecule has 0 spiro atoms. The maximum absolute atomic E-state index is 13.6. The van der Waals surface area contributed by atoms with E-state index in [9.17, 15) is 9.59 Å². The fraction of sp³-hybridized carbons (Fsp3) is 0.500. The highest BCUT2D eigenvalue weighted by molar-refractivity contribution is 5.95. The van der Waals surface area contributed by atoms with Crippen LogP contribution in [0.5, 0.6) is 5.75 Å². The lowest BCUT2D eigenvalue weighted by atomic mass is 9.88. The molecule has 3 fully saturated rings. The van der Waals surface area contributed by atoms with Crippen molar-refractivity contribution in [1.29, 1.82) is 0 Å². The summed E-state index contributed by atoms with van der Waals surface area (Å²) in [4.78, 5) is 29.3. The molecule has 2 aromatic carbocycles. The SMILES string of the molecule is O=C1CCCN1CCOc1ccc(C(=O)N2C[C@@H](c3ccccc3)[C@@H]3NCCCCC[C@@H]32)cc1. The van der Waals surface area contributed by atoms with Crippen LogP contribution >= 0.6 is 0 Å². The molecule has 3 atom stereocenters. The first-order valence-corrected chi connectivity index (χ1v) is 12.8. The Kier molecular flexibility index (Phi) is 7.14. The van der Waals surface area contributed by atoms with Crippen LogP contribution in [0.1, 0.15) is 60.4 Å². The minimum atomic E-state index is 0.102. The molecule has 0 unspecified atom stereocenters. The fourth-order valence-electron chi connectivity index (χ4n) is 5.78. The molecule has 0 saturated carbocycles. The number of carbonyl (C=O) groups is 2. The highest BCUT2D eigenvalue weighted by Crippen LogP contribution is 2.36. The van der Waals surface area contributed by atoms with Crippen molar-refractivity contribution in [2.24, 2.45) is 0 Å². The van der Waals surface area contributed by atoms with Gasteiger partial charge in [-0.05, 0) is 55.6 Å². The monoisotopic (exact) mass is 461 g/mol. The molecular formula is C28H35N3O3. The lowest BCUT2D eigenvalue weighted by Crippen LogP contribution is -2.47. The second kappa shape index (κ2) is 10.6. The van der Waals surface area contributed by atoms with E-state index in [1.807, 2.05) is 29.2 Å². The van der Waals surface area contributed by atoms with Gasteiger partial charge in [-0.15, -0.1) is 0 Å². The minimum absolute atomic E-state index is 0.102. The molecule has 0 radical (unpaired) electrons. The molecule has 0 aliphatic carbocycles. The van der Waals surface area contributed by atoms with Gasteiger partial charge in [0.05, 0.1) is 6.54 Å². The third-order valence-corrected chi connectivity index (χ3v) is 7.59. The van der Waals surface area contributed by atoms with E-state index in [-0.39, 0.29) is 17.9 Å². The van der Waals surface area contributed by atoms with Gasteiger partial charge >= 0.3 is 0 Å². The van der Waals surface area contributed by atoms with Crippen molar-refractivity contribution in [2.75, 3.05) is 32.8 Å². The number of ether oxygens (including phenoxy) is 1. The number of rotatable bonds is 6. The number of hydrogen-bond acceptors (Lipinski definition) is 4. The Balaban J connectivity index is 1.26. The van der Waals surface area contributed by atoms with Crippen LogP contribution in [0.15, 0.2) is 54.6 Å². The second-order valence-electron chi connectivity index (χ2n) is 9.73. The number of nitrogens with zero attached hydrogens (tertiary/aromatic N) is 2. The predicted molar refractivity (Wildman–Crippen MR) is 132 cm³/mol. The summed E-state index contributed by atoms with van der Waals surface area (Å²) in [6.45, 7) is 3.67. The first-order valence-electron chi connectivity index (χ1n) is 12.8. The van der Waals surface area contributed by atoms with Crippen molar-refractivity contribution < 1.29 is 14.3 Å². The van der Waals surface area contributed by atoms with Gasteiger partial charge in [0, 0.05) is 43.1 Å². The summed E-state index contributed by atoms with van der Waals surface area (Å²) in [5.41, 5.74) is 2.01. The number of carbonyl (C=O) groups excluding carboxylic acids is 2. The maximum Gasteiger partial charge on any atom is 0.254 e. The van der Waals surface area contributed by atoms with E-state index in [4.69, 9.17) is 4.74 Å². The fourth-order valence-corrected chi connectivity index (χ4v) is 5.78. The largest absolute Gasteiger partial charge is 0.492 e. The van der Waals surface area contributed by atoms with E-state index in [1.54, 1.807) is 0 Å². The van der Waals surface area contributed by atoms with Crippen molar-refractivity contribution in [3.63, 3.8) is 0 Å². The molecule has 3 heterocycles. The number of nitrogens with one attached hydrogen (secondary N) is 1. The molecule has 180 valence electrons. The predicted octanol–water partition coefficient (Wildman–Crippen LogP) is 3.83. The summed E-state index contributed by atoms with van der Waals surface area (Å²) in [5, 5.41) is 3.79. The zero-order valence-electron chi connectivity index (χ0n) is 19.8. The van der Waals surface area contributed by atoms with Gasteiger partial charge in [0.1, 0.15) is 12.4 Å². The van der Waals surface area contributed by atoms with Crippen LogP contribution in [0.25, 0.3) is 0 Å². The lowest BCUT2D eigenvalue weighted by molar-refractivity contribution is -0.128. The van der Waals surface area contributed by atoms with Crippen LogP contribution in [0, 0.1) is 0 Å². The van der Waals surface area contributed by atoms with Gasteiger partial charge in [-0.25, -0.2) is 0 Å². The summed E-state index contributed by atoms with van der Waals surface area (Å²) in [7, 11) is 0. The Hall–Kier alpha value is -2.86. The normalized spacial score (nSPS) is 25.1. The average Bonchev–Trinajstić information content (AvgIpc) is 3.42. The molecule has 3 aliphatic heterocycles. The summed E-state index contributed by atoms with van der Waals surface area (Å²) in [6.07, 6.45) is 6.21. The molecule has 5 rings (SSSR count). The first kappa shape index (κ1) is 22.9. The number of benzene rings is 2. The lowest BCUT2D eigenvalue weighted by Gasteiger charge is -2.31. The standard InChI is InChI=1S/C28H35N3O3/c32-26-11-7-17-30(26)18-19-34-23-14-12-22(13-15-23)28(33)31-20-24(21-8-3-1-4-9-21)27-25(31)10-5-2-6-16-29-27/h1,3-4,8-9,12-15,24-25,27,29H,2,5-7,10-11,16-20H2/t24-,25-,27-/m0/s1. The van der Waals surface area contributed by atoms with Crippen molar-refractivity contribution in [2.45, 2.75) is 56.5 Å². The van der Waals surface area contributed by atoms with Crippen LogP contribution in [0.3, 0.4) is 0 Å². The highest BCUT2D eigenvalue weighted by Gasteiger charge is 2.44. The van der Waals surface area contributed by atoms with Gasteiger partial charge in [-0.2, -0.15) is 0 Å².